The Morgan fingerprint density at radius 2 is 2.04 bits per heavy atom. The molecule has 3 rings (SSSR count). The first-order chi connectivity index (χ1) is 13.5. The normalized spacial score (nSPS) is 10.8. The molecule has 0 fully saturated rings. The van der Waals surface area contributed by atoms with Gasteiger partial charge < -0.3 is 5.32 Å². The number of aromatic nitrogens is 2. The minimum absolute atomic E-state index is 0.115. The molecule has 7 heteroatoms. The number of carbonyl (C=O) groups excluding carboxylic acids is 1. The van der Waals surface area contributed by atoms with Crippen LogP contribution in [-0.2, 0) is 11.3 Å². The van der Waals surface area contributed by atoms with Gasteiger partial charge in [0.2, 0.25) is 5.91 Å². The van der Waals surface area contributed by atoms with Gasteiger partial charge in [-0.1, -0.05) is 53.7 Å². The molecule has 0 bridgehead atoms. The molecule has 0 aliphatic heterocycles. The lowest BCUT2D eigenvalue weighted by molar-refractivity contribution is -0.118. The molecular formula is C21H21N3O2S2. The molecule has 5 nitrogen and oxygen atoms in total. The van der Waals surface area contributed by atoms with Gasteiger partial charge in [0.05, 0.1) is 11.1 Å². The molecule has 28 heavy (non-hydrogen) atoms. The zero-order chi connectivity index (χ0) is 20.1. The van der Waals surface area contributed by atoms with Gasteiger partial charge in [-0.25, -0.2) is 4.98 Å². The van der Waals surface area contributed by atoms with Crippen molar-refractivity contribution in [3.63, 3.8) is 0 Å². The highest BCUT2D eigenvalue weighted by atomic mass is 32.2. The van der Waals surface area contributed by atoms with Crippen LogP contribution < -0.4 is 10.9 Å². The molecule has 0 radical (unpaired) electrons. The Bertz CT molecular complexity index is 1080. The number of allylic oxidation sites excluding steroid dienone is 1. The number of nitrogens with zero attached hydrogens (tertiary/aromatic N) is 2. The number of carbonyl (C=O) groups is 1. The number of benzene rings is 1. The van der Waals surface area contributed by atoms with E-state index in [0.29, 0.717) is 28.5 Å². The van der Waals surface area contributed by atoms with E-state index in [9.17, 15) is 9.59 Å². The second-order valence-corrected chi connectivity index (χ2v) is 7.98. The minimum atomic E-state index is -0.129. The van der Waals surface area contributed by atoms with Crippen molar-refractivity contribution in [2.45, 2.75) is 18.6 Å². The molecule has 2 heterocycles. The van der Waals surface area contributed by atoms with Crippen LogP contribution in [0.25, 0.3) is 21.3 Å². The zero-order valence-electron chi connectivity index (χ0n) is 15.6. The Morgan fingerprint density at radius 3 is 2.71 bits per heavy atom. The Kier molecular flexibility index (Phi) is 6.49. The summed E-state index contributed by atoms with van der Waals surface area (Å²) in [5, 5.41) is 5.82. The fourth-order valence-electron chi connectivity index (χ4n) is 2.72. The summed E-state index contributed by atoms with van der Waals surface area (Å²) in [5.74, 6) is 0.0509. The molecule has 1 N–H and O–H groups in total. The van der Waals surface area contributed by atoms with Crippen LogP contribution in [0.5, 0.6) is 0 Å². The van der Waals surface area contributed by atoms with Crippen molar-refractivity contribution in [1.29, 1.82) is 0 Å². The van der Waals surface area contributed by atoms with Crippen molar-refractivity contribution in [2.24, 2.45) is 0 Å². The second-order valence-electron chi connectivity index (χ2n) is 6.18. The van der Waals surface area contributed by atoms with Gasteiger partial charge in [0.25, 0.3) is 5.56 Å². The van der Waals surface area contributed by atoms with Crippen LogP contribution in [0.3, 0.4) is 0 Å². The third-order valence-corrected chi connectivity index (χ3v) is 5.96. The number of hydrogen-bond acceptors (Lipinski definition) is 5. The number of rotatable bonds is 8. The summed E-state index contributed by atoms with van der Waals surface area (Å²) in [4.78, 5) is 30.5. The van der Waals surface area contributed by atoms with Crippen LogP contribution in [0.2, 0.25) is 0 Å². The average Bonchev–Trinajstić information content (AvgIpc) is 3.12. The SMILES string of the molecule is C=CCNC(=O)CSc1nc2scc(-c3ccc(C)cc3)c2c(=O)n1CC=C. The van der Waals surface area contributed by atoms with E-state index >= 15 is 0 Å². The maximum absolute atomic E-state index is 13.2. The lowest BCUT2D eigenvalue weighted by atomic mass is 10.1. The fraction of sp³-hybridized carbons (Fsp3) is 0.190. The van der Waals surface area contributed by atoms with Gasteiger partial charge in [-0.05, 0) is 12.5 Å². The molecule has 0 saturated carbocycles. The summed E-state index contributed by atoms with van der Waals surface area (Å²) in [6.07, 6.45) is 3.29. The van der Waals surface area contributed by atoms with Crippen molar-refractivity contribution in [1.82, 2.24) is 14.9 Å². The highest BCUT2D eigenvalue weighted by Crippen LogP contribution is 2.32. The number of fused-ring (bicyclic) bond motifs is 1. The van der Waals surface area contributed by atoms with Crippen molar-refractivity contribution in [3.05, 3.63) is 70.9 Å². The monoisotopic (exact) mass is 411 g/mol. The minimum Gasteiger partial charge on any atom is -0.352 e. The lowest BCUT2D eigenvalue weighted by Crippen LogP contribution is -2.26. The van der Waals surface area contributed by atoms with Gasteiger partial charge in [-0.3, -0.25) is 14.2 Å². The third-order valence-electron chi connectivity index (χ3n) is 4.11. The van der Waals surface area contributed by atoms with E-state index in [-0.39, 0.29) is 17.2 Å². The first-order valence-electron chi connectivity index (χ1n) is 8.75. The largest absolute Gasteiger partial charge is 0.352 e. The molecular weight excluding hydrogens is 390 g/mol. The molecule has 0 saturated heterocycles. The first kappa shape index (κ1) is 20.1. The van der Waals surface area contributed by atoms with Crippen molar-refractivity contribution in [3.8, 4) is 11.1 Å². The summed E-state index contributed by atoms with van der Waals surface area (Å²) in [6, 6.07) is 8.09. The van der Waals surface area contributed by atoms with E-state index in [1.54, 1.807) is 16.7 Å². The Morgan fingerprint density at radius 1 is 1.29 bits per heavy atom. The molecule has 1 amide bonds. The van der Waals surface area contributed by atoms with E-state index in [1.807, 2.05) is 36.6 Å². The van der Waals surface area contributed by atoms with Crippen molar-refractivity contribution >= 4 is 39.2 Å². The van der Waals surface area contributed by atoms with Crippen LogP contribution >= 0.6 is 23.1 Å². The van der Waals surface area contributed by atoms with Crippen LogP contribution in [0.15, 0.2) is 64.9 Å². The van der Waals surface area contributed by atoms with E-state index in [0.717, 1.165) is 11.1 Å². The van der Waals surface area contributed by atoms with E-state index < -0.39 is 0 Å². The third kappa shape index (κ3) is 4.26. The molecule has 1 aromatic carbocycles. The summed E-state index contributed by atoms with van der Waals surface area (Å²) in [6.45, 7) is 10.1. The smallest absolute Gasteiger partial charge is 0.263 e. The fourth-order valence-corrected chi connectivity index (χ4v) is 4.55. The van der Waals surface area contributed by atoms with Gasteiger partial charge in [0.1, 0.15) is 4.83 Å². The summed E-state index contributed by atoms with van der Waals surface area (Å²) >= 11 is 2.68. The predicted molar refractivity (Wildman–Crippen MR) is 118 cm³/mol. The van der Waals surface area contributed by atoms with Gasteiger partial charge in [0.15, 0.2) is 5.16 Å². The number of thioether (sulfide) groups is 1. The number of amides is 1. The maximum atomic E-state index is 13.2. The Hall–Kier alpha value is -2.64. The number of nitrogens with one attached hydrogen (secondary N) is 1. The van der Waals surface area contributed by atoms with Gasteiger partial charge in [-0.15, -0.1) is 24.5 Å². The van der Waals surface area contributed by atoms with Crippen LogP contribution in [0, 0.1) is 6.92 Å². The molecule has 0 spiro atoms. The van der Waals surface area contributed by atoms with Crippen molar-refractivity contribution in [2.75, 3.05) is 12.3 Å². The van der Waals surface area contributed by atoms with E-state index in [1.165, 1.54) is 28.7 Å². The van der Waals surface area contributed by atoms with Gasteiger partial charge in [-0.2, -0.15) is 0 Å². The molecule has 3 aromatic rings. The van der Waals surface area contributed by atoms with Crippen molar-refractivity contribution < 1.29 is 4.79 Å². The average molecular weight is 412 g/mol. The lowest BCUT2D eigenvalue weighted by Gasteiger charge is -2.10. The number of aryl methyl sites for hydroxylation is 1. The van der Waals surface area contributed by atoms with Gasteiger partial charge >= 0.3 is 0 Å². The highest BCUT2D eigenvalue weighted by molar-refractivity contribution is 7.99. The van der Waals surface area contributed by atoms with Crippen LogP contribution in [-0.4, -0.2) is 27.8 Å². The molecule has 0 unspecified atom stereocenters. The molecule has 2 aromatic heterocycles. The standard InChI is InChI=1S/C21H21N3O2S2/c1-4-10-22-17(25)13-28-21-23-19-18(20(26)24(21)11-5-2)16(12-27-19)15-8-6-14(3)7-9-15/h4-9,12H,1-2,10-11,13H2,3H3,(H,22,25). The highest BCUT2D eigenvalue weighted by Gasteiger charge is 2.17. The molecule has 0 atom stereocenters. The Balaban J connectivity index is 2.02. The maximum Gasteiger partial charge on any atom is 0.263 e. The van der Waals surface area contributed by atoms with Gasteiger partial charge in [0, 0.05) is 24.0 Å². The number of thiophene rings is 1. The first-order valence-corrected chi connectivity index (χ1v) is 10.6. The Labute approximate surface area is 171 Å². The molecule has 144 valence electrons. The summed E-state index contributed by atoms with van der Waals surface area (Å²) < 4.78 is 1.57. The quantitative estimate of drug-likeness (QED) is 0.346. The van der Waals surface area contributed by atoms with Crippen LogP contribution in [0.4, 0.5) is 0 Å². The topological polar surface area (TPSA) is 64.0 Å². The second kappa shape index (κ2) is 9.03. The predicted octanol–water partition coefficient (Wildman–Crippen LogP) is 4.01. The van der Waals surface area contributed by atoms with Crippen LogP contribution in [0.1, 0.15) is 5.56 Å². The molecule has 0 aliphatic carbocycles. The summed E-state index contributed by atoms with van der Waals surface area (Å²) in [5.41, 5.74) is 2.93. The molecule has 0 aliphatic rings. The van der Waals surface area contributed by atoms with E-state index in [4.69, 9.17) is 0 Å². The number of hydrogen-bond donors (Lipinski definition) is 1. The zero-order valence-corrected chi connectivity index (χ0v) is 17.2. The summed E-state index contributed by atoms with van der Waals surface area (Å²) in [7, 11) is 0. The van der Waals surface area contributed by atoms with E-state index in [2.05, 4.69) is 23.5 Å².